The van der Waals surface area contributed by atoms with Gasteiger partial charge in [0, 0.05) is 0 Å². The van der Waals surface area contributed by atoms with Crippen LogP contribution < -0.4 is 19.5 Å². The highest BCUT2D eigenvalue weighted by molar-refractivity contribution is 5.81. The van der Waals surface area contributed by atoms with Crippen LogP contribution in [0.25, 0.3) is 0 Å². The third-order valence-electron chi connectivity index (χ3n) is 4.15. The number of rotatable bonds is 5. The number of benzene rings is 2. The maximum absolute atomic E-state index is 12.3. The van der Waals surface area contributed by atoms with Gasteiger partial charge in [-0.25, -0.2) is 0 Å². The Morgan fingerprint density at radius 3 is 2.58 bits per heavy atom. The summed E-state index contributed by atoms with van der Waals surface area (Å²) in [6.45, 7) is 7.44. The summed E-state index contributed by atoms with van der Waals surface area (Å²) in [5.74, 6) is 1.90. The molecule has 1 aliphatic heterocycles. The van der Waals surface area contributed by atoms with E-state index in [0.717, 1.165) is 11.3 Å². The molecule has 1 N–H and O–H groups in total. The van der Waals surface area contributed by atoms with Crippen LogP contribution in [0.1, 0.15) is 26.3 Å². The summed E-state index contributed by atoms with van der Waals surface area (Å²) in [4.78, 5) is 12.3. The number of hydrogen-bond donors (Lipinski definition) is 1. The maximum Gasteiger partial charge on any atom is 0.264 e. The number of fused-ring (bicyclic) bond motifs is 1. The van der Waals surface area contributed by atoms with E-state index >= 15 is 0 Å². The monoisotopic (exact) mass is 355 g/mol. The van der Waals surface area contributed by atoms with Crippen LogP contribution in [0.5, 0.6) is 17.2 Å². The van der Waals surface area contributed by atoms with Gasteiger partial charge < -0.3 is 19.5 Å². The molecule has 0 aliphatic carbocycles. The number of amides is 1. The molecule has 1 amide bonds. The summed E-state index contributed by atoms with van der Waals surface area (Å²) in [6.07, 6.45) is -0.647. The lowest BCUT2D eigenvalue weighted by molar-refractivity contribution is -0.130. The number of carbonyl (C=O) groups excluding carboxylic acids is 1. The molecule has 0 aromatic heterocycles. The van der Waals surface area contributed by atoms with Crippen molar-refractivity contribution in [1.29, 1.82) is 0 Å². The van der Waals surface area contributed by atoms with Crippen LogP contribution in [0.2, 0.25) is 0 Å². The molecular weight excluding hydrogens is 330 g/mol. The Hall–Kier alpha value is -2.69. The summed E-state index contributed by atoms with van der Waals surface area (Å²) >= 11 is 0. The molecule has 0 unspecified atom stereocenters. The van der Waals surface area contributed by atoms with Crippen molar-refractivity contribution in [2.75, 3.05) is 19.8 Å². The summed E-state index contributed by atoms with van der Waals surface area (Å²) in [6, 6.07) is 15.3. The number of para-hydroxylation sites is 3. The summed E-state index contributed by atoms with van der Waals surface area (Å²) in [5, 5.41) is 2.84. The maximum atomic E-state index is 12.3. The Bertz CT molecular complexity index is 767. The van der Waals surface area contributed by atoms with Crippen molar-refractivity contribution < 1.29 is 19.0 Å². The average molecular weight is 355 g/mol. The molecule has 0 spiro atoms. The van der Waals surface area contributed by atoms with E-state index in [4.69, 9.17) is 14.2 Å². The van der Waals surface area contributed by atoms with Gasteiger partial charge in [0.05, 0.1) is 6.54 Å². The fourth-order valence-corrected chi connectivity index (χ4v) is 2.81. The van der Waals surface area contributed by atoms with E-state index in [0.29, 0.717) is 24.7 Å². The third kappa shape index (κ3) is 4.28. The number of ether oxygens (including phenoxy) is 3. The fraction of sp³-hybridized carbons (Fsp3) is 0.381. The molecule has 0 saturated heterocycles. The molecular formula is C21H25NO4. The van der Waals surface area contributed by atoms with Crippen LogP contribution >= 0.6 is 0 Å². The van der Waals surface area contributed by atoms with Gasteiger partial charge in [0.1, 0.15) is 19.0 Å². The standard InChI is InChI=1S/C21H25NO4/c1-21(2,3)15-8-4-5-9-16(15)24-13-12-22-20(23)19-14-25-17-10-6-7-11-18(17)26-19/h4-11,19H,12-14H2,1-3H3,(H,22,23)/t19-/m0/s1. The van der Waals surface area contributed by atoms with Gasteiger partial charge >= 0.3 is 0 Å². The second-order valence-electron chi connectivity index (χ2n) is 7.25. The molecule has 0 bridgehead atoms. The predicted molar refractivity (Wildman–Crippen MR) is 100.0 cm³/mol. The molecule has 2 aromatic carbocycles. The lowest BCUT2D eigenvalue weighted by atomic mass is 9.86. The average Bonchev–Trinajstić information content (AvgIpc) is 2.64. The van der Waals surface area contributed by atoms with Gasteiger partial charge in [0.2, 0.25) is 6.10 Å². The second kappa shape index (κ2) is 7.68. The van der Waals surface area contributed by atoms with Crippen molar-refractivity contribution in [3.8, 4) is 17.2 Å². The Morgan fingerprint density at radius 1 is 1.12 bits per heavy atom. The Morgan fingerprint density at radius 2 is 1.81 bits per heavy atom. The molecule has 1 heterocycles. The first-order valence-electron chi connectivity index (χ1n) is 8.83. The molecule has 3 rings (SSSR count). The highest BCUT2D eigenvalue weighted by Gasteiger charge is 2.27. The van der Waals surface area contributed by atoms with E-state index in [1.165, 1.54) is 0 Å². The first-order chi connectivity index (χ1) is 12.4. The van der Waals surface area contributed by atoms with E-state index in [1.54, 1.807) is 6.07 Å². The van der Waals surface area contributed by atoms with E-state index in [-0.39, 0.29) is 17.9 Å². The topological polar surface area (TPSA) is 56.8 Å². The van der Waals surface area contributed by atoms with Crippen molar-refractivity contribution in [3.05, 3.63) is 54.1 Å². The number of nitrogens with one attached hydrogen (secondary N) is 1. The molecule has 138 valence electrons. The van der Waals surface area contributed by atoms with Crippen molar-refractivity contribution in [2.24, 2.45) is 0 Å². The van der Waals surface area contributed by atoms with Crippen LogP contribution in [-0.4, -0.2) is 31.8 Å². The van der Waals surface area contributed by atoms with Gasteiger partial charge in [-0.3, -0.25) is 4.79 Å². The van der Waals surface area contributed by atoms with Crippen LogP contribution in [0.15, 0.2) is 48.5 Å². The SMILES string of the molecule is CC(C)(C)c1ccccc1OCCNC(=O)[C@@H]1COc2ccccc2O1. The highest BCUT2D eigenvalue weighted by Crippen LogP contribution is 2.31. The summed E-state index contributed by atoms with van der Waals surface area (Å²) < 4.78 is 17.1. The van der Waals surface area contributed by atoms with Gasteiger partial charge in [-0.15, -0.1) is 0 Å². The minimum Gasteiger partial charge on any atom is -0.491 e. The molecule has 1 aliphatic rings. The molecule has 5 nitrogen and oxygen atoms in total. The van der Waals surface area contributed by atoms with Gasteiger partial charge in [0.25, 0.3) is 5.91 Å². The van der Waals surface area contributed by atoms with E-state index < -0.39 is 6.10 Å². The zero-order valence-electron chi connectivity index (χ0n) is 15.5. The number of hydrogen-bond acceptors (Lipinski definition) is 4. The van der Waals surface area contributed by atoms with Gasteiger partial charge in [-0.1, -0.05) is 51.1 Å². The smallest absolute Gasteiger partial charge is 0.264 e. The third-order valence-corrected chi connectivity index (χ3v) is 4.15. The fourth-order valence-electron chi connectivity index (χ4n) is 2.81. The van der Waals surface area contributed by atoms with Gasteiger partial charge in [-0.05, 0) is 29.2 Å². The predicted octanol–water partition coefficient (Wildman–Crippen LogP) is 3.32. The van der Waals surface area contributed by atoms with Crippen LogP contribution in [-0.2, 0) is 10.2 Å². The van der Waals surface area contributed by atoms with E-state index in [1.807, 2.05) is 36.4 Å². The minimum atomic E-state index is -0.647. The molecule has 5 heteroatoms. The van der Waals surface area contributed by atoms with Crippen LogP contribution in [0, 0.1) is 0 Å². The van der Waals surface area contributed by atoms with Gasteiger partial charge in [-0.2, -0.15) is 0 Å². The Kier molecular flexibility index (Phi) is 5.35. The van der Waals surface area contributed by atoms with E-state index in [2.05, 4.69) is 32.2 Å². The lowest BCUT2D eigenvalue weighted by Gasteiger charge is -2.25. The Balaban J connectivity index is 1.48. The summed E-state index contributed by atoms with van der Waals surface area (Å²) in [7, 11) is 0. The Labute approximate surface area is 154 Å². The molecule has 1 atom stereocenters. The quantitative estimate of drug-likeness (QED) is 0.836. The molecule has 0 saturated carbocycles. The van der Waals surface area contributed by atoms with Crippen molar-refractivity contribution in [1.82, 2.24) is 5.32 Å². The van der Waals surface area contributed by atoms with Gasteiger partial charge in [0.15, 0.2) is 11.5 Å². The molecule has 2 aromatic rings. The first-order valence-corrected chi connectivity index (χ1v) is 8.83. The minimum absolute atomic E-state index is 0.000504. The van der Waals surface area contributed by atoms with Crippen molar-refractivity contribution in [3.63, 3.8) is 0 Å². The largest absolute Gasteiger partial charge is 0.491 e. The molecule has 26 heavy (non-hydrogen) atoms. The lowest BCUT2D eigenvalue weighted by Crippen LogP contribution is -2.45. The van der Waals surface area contributed by atoms with Crippen LogP contribution in [0.3, 0.4) is 0 Å². The second-order valence-corrected chi connectivity index (χ2v) is 7.25. The van der Waals surface area contributed by atoms with Crippen LogP contribution in [0.4, 0.5) is 0 Å². The molecule has 0 radical (unpaired) electrons. The zero-order chi connectivity index (χ0) is 18.6. The number of carbonyl (C=O) groups is 1. The zero-order valence-corrected chi connectivity index (χ0v) is 15.5. The van der Waals surface area contributed by atoms with E-state index in [9.17, 15) is 4.79 Å². The summed E-state index contributed by atoms with van der Waals surface area (Å²) in [5.41, 5.74) is 1.15. The highest BCUT2D eigenvalue weighted by atomic mass is 16.6. The normalized spacial score (nSPS) is 16.0. The molecule has 0 fully saturated rings. The van der Waals surface area contributed by atoms with Crippen molar-refractivity contribution >= 4 is 5.91 Å². The first kappa shape index (κ1) is 18.1. The van der Waals surface area contributed by atoms with Crippen molar-refractivity contribution in [2.45, 2.75) is 32.3 Å².